The Morgan fingerprint density at radius 3 is 2.81 bits per heavy atom. The first-order chi connectivity index (χ1) is 9.97. The lowest BCUT2D eigenvalue weighted by molar-refractivity contribution is -0.117. The smallest absolute Gasteiger partial charge is 0.231 e. The van der Waals surface area contributed by atoms with Gasteiger partial charge in [0.2, 0.25) is 5.91 Å². The Morgan fingerprint density at radius 2 is 2.05 bits per heavy atom. The highest BCUT2D eigenvalue weighted by molar-refractivity contribution is 9.10. The van der Waals surface area contributed by atoms with Crippen LogP contribution >= 0.6 is 15.9 Å². The number of likely N-dealkylation sites (N-methyl/N-ethyl adjacent to an activating group) is 1. The van der Waals surface area contributed by atoms with Gasteiger partial charge in [0.25, 0.3) is 0 Å². The molecule has 1 atom stereocenters. The SMILES string of the molecule is CN1C(=O)Cc2cc(C(O)c3cc(F)ccc3Br)ccc21. The van der Waals surface area contributed by atoms with E-state index in [2.05, 4.69) is 15.9 Å². The molecule has 0 fully saturated rings. The number of aliphatic hydroxyl groups is 1. The summed E-state index contributed by atoms with van der Waals surface area (Å²) in [5.74, 6) is -0.369. The molecule has 1 N–H and O–H groups in total. The van der Waals surface area contributed by atoms with Crippen LogP contribution in [0.5, 0.6) is 0 Å². The lowest BCUT2D eigenvalue weighted by Crippen LogP contribution is -2.20. The van der Waals surface area contributed by atoms with Gasteiger partial charge in [0.15, 0.2) is 0 Å². The van der Waals surface area contributed by atoms with E-state index in [1.54, 1.807) is 30.1 Å². The van der Waals surface area contributed by atoms with E-state index in [9.17, 15) is 14.3 Å². The first-order valence-electron chi connectivity index (χ1n) is 6.50. The van der Waals surface area contributed by atoms with Crippen LogP contribution in [0.4, 0.5) is 10.1 Å². The number of carbonyl (C=O) groups excluding carboxylic acids is 1. The Bertz CT molecular complexity index is 732. The topological polar surface area (TPSA) is 40.5 Å². The molecule has 1 amide bonds. The number of carbonyl (C=O) groups is 1. The maximum atomic E-state index is 13.4. The first kappa shape index (κ1) is 14.2. The molecule has 1 heterocycles. The number of benzene rings is 2. The third-order valence-electron chi connectivity index (χ3n) is 3.75. The second-order valence-electron chi connectivity index (χ2n) is 5.09. The number of hydrogen-bond acceptors (Lipinski definition) is 2. The lowest BCUT2D eigenvalue weighted by atomic mass is 9.98. The Balaban J connectivity index is 2.00. The van der Waals surface area contributed by atoms with E-state index in [1.807, 2.05) is 6.07 Å². The fourth-order valence-corrected chi connectivity index (χ4v) is 3.03. The van der Waals surface area contributed by atoms with Crippen molar-refractivity contribution in [3.8, 4) is 0 Å². The summed E-state index contributed by atoms with van der Waals surface area (Å²) in [6, 6.07) is 9.58. The average Bonchev–Trinajstić information content (AvgIpc) is 2.75. The normalized spacial score (nSPS) is 15.2. The minimum atomic E-state index is -0.943. The fraction of sp³-hybridized carbons (Fsp3) is 0.188. The molecule has 0 saturated heterocycles. The summed E-state index contributed by atoms with van der Waals surface area (Å²) in [7, 11) is 1.73. The van der Waals surface area contributed by atoms with Gasteiger partial charge in [-0.2, -0.15) is 0 Å². The molecule has 0 aromatic heterocycles. The monoisotopic (exact) mass is 349 g/mol. The number of rotatable bonds is 2. The summed E-state index contributed by atoms with van der Waals surface area (Å²) in [6.45, 7) is 0. The first-order valence-corrected chi connectivity index (χ1v) is 7.29. The standard InChI is InChI=1S/C16H13BrFNO2/c1-19-14-5-2-9(6-10(14)7-15(19)20)16(21)12-8-11(18)3-4-13(12)17/h2-6,8,16,21H,7H2,1H3. The lowest BCUT2D eigenvalue weighted by Gasteiger charge is -2.15. The van der Waals surface area contributed by atoms with Crippen molar-refractivity contribution in [3.05, 3.63) is 63.4 Å². The van der Waals surface area contributed by atoms with Crippen LogP contribution in [0, 0.1) is 5.82 Å². The quantitative estimate of drug-likeness (QED) is 0.904. The highest BCUT2D eigenvalue weighted by Gasteiger charge is 2.25. The number of nitrogens with zero attached hydrogens (tertiary/aromatic N) is 1. The van der Waals surface area contributed by atoms with Crippen LogP contribution in [-0.4, -0.2) is 18.1 Å². The third kappa shape index (κ3) is 2.47. The van der Waals surface area contributed by atoms with Gasteiger partial charge in [-0.3, -0.25) is 4.79 Å². The zero-order valence-electron chi connectivity index (χ0n) is 11.3. The van der Waals surface area contributed by atoms with Gasteiger partial charge in [0.1, 0.15) is 11.9 Å². The van der Waals surface area contributed by atoms with Gasteiger partial charge >= 0.3 is 0 Å². The predicted octanol–water partition coefficient (Wildman–Crippen LogP) is 3.19. The summed E-state index contributed by atoms with van der Waals surface area (Å²) in [5, 5.41) is 10.5. The maximum Gasteiger partial charge on any atom is 0.231 e. The Kier molecular flexibility index (Phi) is 3.55. The number of anilines is 1. The zero-order valence-corrected chi connectivity index (χ0v) is 12.9. The number of halogens is 2. The predicted molar refractivity (Wildman–Crippen MR) is 81.7 cm³/mol. The summed E-state index contributed by atoms with van der Waals surface area (Å²) in [6.07, 6.45) is -0.613. The number of amides is 1. The highest BCUT2D eigenvalue weighted by atomic mass is 79.9. The van der Waals surface area contributed by atoms with E-state index in [-0.39, 0.29) is 5.91 Å². The molecule has 0 spiro atoms. The molecular weight excluding hydrogens is 337 g/mol. The van der Waals surface area contributed by atoms with Crippen LogP contribution in [-0.2, 0) is 11.2 Å². The van der Waals surface area contributed by atoms with Crippen molar-refractivity contribution in [1.82, 2.24) is 0 Å². The van der Waals surface area contributed by atoms with Crippen LogP contribution in [0.3, 0.4) is 0 Å². The molecule has 3 nitrogen and oxygen atoms in total. The van der Waals surface area contributed by atoms with Crippen LogP contribution < -0.4 is 4.90 Å². The van der Waals surface area contributed by atoms with Gasteiger partial charge < -0.3 is 10.0 Å². The molecule has 0 saturated carbocycles. The molecule has 1 aliphatic heterocycles. The van der Waals surface area contributed by atoms with E-state index in [0.29, 0.717) is 22.0 Å². The minimum absolute atomic E-state index is 0.0311. The Morgan fingerprint density at radius 1 is 1.29 bits per heavy atom. The number of hydrogen-bond donors (Lipinski definition) is 1. The van der Waals surface area contributed by atoms with Crippen LogP contribution in [0.2, 0.25) is 0 Å². The maximum absolute atomic E-state index is 13.4. The molecule has 2 aromatic carbocycles. The van der Waals surface area contributed by atoms with Crippen molar-refractivity contribution >= 4 is 27.5 Å². The van der Waals surface area contributed by atoms with Crippen molar-refractivity contribution in [3.63, 3.8) is 0 Å². The molecule has 0 aliphatic carbocycles. The molecule has 108 valence electrons. The summed E-state index contributed by atoms with van der Waals surface area (Å²) in [5.41, 5.74) is 2.84. The van der Waals surface area contributed by atoms with E-state index in [0.717, 1.165) is 11.3 Å². The molecule has 2 aromatic rings. The van der Waals surface area contributed by atoms with E-state index in [4.69, 9.17) is 0 Å². The van der Waals surface area contributed by atoms with Crippen molar-refractivity contribution < 1.29 is 14.3 Å². The molecule has 0 radical (unpaired) electrons. The number of aliphatic hydroxyl groups excluding tert-OH is 1. The van der Waals surface area contributed by atoms with Crippen LogP contribution in [0.1, 0.15) is 22.8 Å². The molecule has 0 bridgehead atoms. The highest BCUT2D eigenvalue weighted by Crippen LogP contribution is 2.34. The Labute approximate surface area is 130 Å². The molecule has 3 rings (SSSR count). The molecule has 5 heteroatoms. The average molecular weight is 350 g/mol. The van der Waals surface area contributed by atoms with E-state index in [1.165, 1.54) is 12.1 Å². The van der Waals surface area contributed by atoms with Crippen molar-refractivity contribution in [2.24, 2.45) is 0 Å². The van der Waals surface area contributed by atoms with E-state index >= 15 is 0 Å². The van der Waals surface area contributed by atoms with Crippen molar-refractivity contribution in [2.45, 2.75) is 12.5 Å². The van der Waals surface area contributed by atoms with Gasteiger partial charge in [0, 0.05) is 22.8 Å². The summed E-state index contributed by atoms with van der Waals surface area (Å²) in [4.78, 5) is 13.3. The van der Waals surface area contributed by atoms with Gasteiger partial charge in [0.05, 0.1) is 6.42 Å². The van der Waals surface area contributed by atoms with Crippen LogP contribution in [0.15, 0.2) is 40.9 Å². The molecular formula is C16H13BrFNO2. The zero-order chi connectivity index (χ0) is 15.1. The van der Waals surface area contributed by atoms with Crippen molar-refractivity contribution in [2.75, 3.05) is 11.9 Å². The minimum Gasteiger partial charge on any atom is -0.384 e. The molecule has 1 aliphatic rings. The molecule has 1 unspecified atom stereocenters. The van der Waals surface area contributed by atoms with Gasteiger partial charge in [-0.15, -0.1) is 0 Å². The van der Waals surface area contributed by atoms with Crippen molar-refractivity contribution in [1.29, 1.82) is 0 Å². The fourth-order valence-electron chi connectivity index (χ4n) is 2.56. The second kappa shape index (κ2) is 5.24. The van der Waals surface area contributed by atoms with E-state index < -0.39 is 11.9 Å². The third-order valence-corrected chi connectivity index (χ3v) is 4.47. The largest absolute Gasteiger partial charge is 0.384 e. The van der Waals surface area contributed by atoms with Crippen LogP contribution in [0.25, 0.3) is 0 Å². The molecule has 21 heavy (non-hydrogen) atoms. The summed E-state index contributed by atoms with van der Waals surface area (Å²) < 4.78 is 14.0. The summed E-state index contributed by atoms with van der Waals surface area (Å²) >= 11 is 3.32. The van der Waals surface area contributed by atoms with Gasteiger partial charge in [-0.25, -0.2) is 4.39 Å². The van der Waals surface area contributed by atoms with Gasteiger partial charge in [-0.05, 0) is 35.4 Å². The number of fused-ring (bicyclic) bond motifs is 1. The van der Waals surface area contributed by atoms with Gasteiger partial charge in [-0.1, -0.05) is 28.1 Å². The second-order valence-corrected chi connectivity index (χ2v) is 5.94. The Hall–Kier alpha value is -1.72.